The zero-order valence-corrected chi connectivity index (χ0v) is 10.1. The van der Waals surface area contributed by atoms with Crippen LogP contribution in [0.5, 0.6) is 0 Å². The zero-order valence-electron chi connectivity index (χ0n) is 9.32. The second-order valence-corrected chi connectivity index (χ2v) is 6.24. The Kier molecular flexibility index (Phi) is 3.60. The second-order valence-electron chi connectivity index (χ2n) is 5.00. The molecule has 0 saturated heterocycles. The molecule has 0 amide bonds. The van der Waals surface area contributed by atoms with Gasteiger partial charge in [-0.1, -0.05) is 13.3 Å². The maximum absolute atomic E-state index is 10.9. The Morgan fingerprint density at radius 1 is 1.47 bits per heavy atom. The lowest BCUT2D eigenvalue weighted by Gasteiger charge is -2.22. The van der Waals surface area contributed by atoms with Gasteiger partial charge in [-0.05, 0) is 49.2 Å². The highest BCUT2D eigenvalue weighted by Crippen LogP contribution is 2.49. The van der Waals surface area contributed by atoms with Gasteiger partial charge in [0.25, 0.3) is 0 Å². The quantitative estimate of drug-likeness (QED) is 0.786. The topological polar surface area (TPSA) is 37.3 Å². The lowest BCUT2D eigenvalue weighted by Crippen LogP contribution is -2.19. The fourth-order valence-corrected chi connectivity index (χ4v) is 4.45. The summed E-state index contributed by atoms with van der Waals surface area (Å²) in [5.74, 6) is 3.17. The van der Waals surface area contributed by atoms with E-state index >= 15 is 0 Å². The fraction of sp³-hybridized carbons (Fsp3) is 0.917. The van der Waals surface area contributed by atoms with E-state index < -0.39 is 5.97 Å². The molecule has 15 heavy (non-hydrogen) atoms. The first kappa shape index (κ1) is 11.3. The summed E-state index contributed by atoms with van der Waals surface area (Å²) < 4.78 is 0. The summed E-state index contributed by atoms with van der Waals surface area (Å²) in [4.78, 5) is 10.9. The normalized spacial score (nSPS) is 35.7. The molecule has 2 bridgehead atoms. The molecule has 4 unspecified atom stereocenters. The van der Waals surface area contributed by atoms with Crippen LogP contribution in [0.15, 0.2) is 0 Å². The Hall–Kier alpha value is -0.180. The predicted molar refractivity (Wildman–Crippen MR) is 63.1 cm³/mol. The Bertz CT molecular complexity index is 242. The van der Waals surface area contributed by atoms with Gasteiger partial charge in [0.2, 0.25) is 0 Å². The minimum Gasteiger partial charge on any atom is -0.480 e. The molecule has 2 fully saturated rings. The highest BCUT2D eigenvalue weighted by Gasteiger charge is 2.39. The average molecular weight is 228 g/mol. The summed E-state index contributed by atoms with van der Waals surface area (Å²) in [6, 6.07) is 0. The van der Waals surface area contributed by atoms with Crippen LogP contribution < -0.4 is 0 Å². The highest BCUT2D eigenvalue weighted by molar-refractivity contribution is 8.00. The number of thioether (sulfide) groups is 1. The largest absolute Gasteiger partial charge is 0.480 e. The molecular formula is C12H20O2S. The van der Waals surface area contributed by atoms with E-state index in [0.29, 0.717) is 0 Å². The van der Waals surface area contributed by atoms with Crippen LogP contribution in [0.3, 0.4) is 0 Å². The van der Waals surface area contributed by atoms with E-state index in [4.69, 9.17) is 5.11 Å². The van der Waals surface area contributed by atoms with Crippen molar-refractivity contribution in [3.63, 3.8) is 0 Å². The minimum atomic E-state index is -0.634. The third kappa shape index (κ3) is 2.49. The summed E-state index contributed by atoms with van der Waals surface area (Å²) in [6.45, 7) is 1.96. The van der Waals surface area contributed by atoms with Gasteiger partial charge in [-0.2, -0.15) is 0 Å². The van der Waals surface area contributed by atoms with E-state index in [1.165, 1.54) is 25.7 Å². The fourth-order valence-electron chi connectivity index (χ4n) is 3.18. The molecule has 0 spiro atoms. The third-order valence-electron chi connectivity index (χ3n) is 4.04. The number of hydrogen-bond donors (Lipinski definition) is 1. The van der Waals surface area contributed by atoms with Gasteiger partial charge in [0, 0.05) is 0 Å². The molecule has 86 valence electrons. The van der Waals surface area contributed by atoms with E-state index in [1.807, 2.05) is 6.92 Å². The van der Waals surface area contributed by atoms with Crippen LogP contribution >= 0.6 is 11.8 Å². The van der Waals surface area contributed by atoms with Crippen LogP contribution in [0, 0.1) is 17.8 Å². The number of hydrogen-bond acceptors (Lipinski definition) is 2. The van der Waals surface area contributed by atoms with Gasteiger partial charge in [0.1, 0.15) is 5.25 Å². The molecule has 0 radical (unpaired) electrons. The molecule has 0 heterocycles. The van der Waals surface area contributed by atoms with Crippen molar-refractivity contribution in [3.05, 3.63) is 0 Å². The summed E-state index contributed by atoms with van der Waals surface area (Å²) in [5, 5.41) is 8.78. The van der Waals surface area contributed by atoms with Gasteiger partial charge in [-0.3, -0.25) is 4.79 Å². The van der Waals surface area contributed by atoms with Crippen molar-refractivity contribution in [2.45, 2.75) is 44.3 Å². The van der Waals surface area contributed by atoms with Gasteiger partial charge >= 0.3 is 5.97 Å². The first-order valence-electron chi connectivity index (χ1n) is 6.05. The molecule has 0 aromatic rings. The maximum atomic E-state index is 10.9. The van der Waals surface area contributed by atoms with Gasteiger partial charge in [0.05, 0.1) is 0 Å². The van der Waals surface area contributed by atoms with Crippen molar-refractivity contribution in [1.29, 1.82) is 0 Å². The summed E-state index contributed by atoms with van der Waals surface area (Å²) in [5.41, 5.74) is 0. The number of carbonyl (C=O) groups is 1. The molecule has 2 saturated carbocycles. The molecule has 2 aliphatic rings. The number of fused-ring (bicyclic) bond motifs is 2. The van der Waals surface area contributed by atoms with Gasteiger partial charge in [0.15, 0.2) is 0 Å². The van der Waals surface area contributed by atoms with Crippen molar-refractivity contribution < 1.29 is 9.90 Å². The lowest BCUT2D eigenvalue weighted by atomic mass is 9.90. The van der Waals surface area contributed by atoms with Crippen LogP contribution in [0.2, 0.25) is 0 Å². The first-order chi connectivity index (χ1) is 7.20. The number of aliphatic carboxylic acids is 1. The molecule has 0 aromatic carbocycles. The summed E-state index contributed by atoms with van der Waals surface area (Å²) in [7, 11) is 0. The Morgan fingerprint density at radius 3 is 2.73 bits per heavy atom. The van der Waals surface area contributed by atoms with Gasteiger partial charge in [-0.25, -0.2) is 0 Å². The zero-order chi connectivity index (χ0) is 10.8. The monoisotopic (exact) mass is 228 g/mol. The number of rotatable bonds is 5. The Morgan fingerprint density at radius 2 is 2.27 bits per heavy atom. The van der Waals surface area contributed by atoms with Gasteiger partial charge < -0.3 is 5.11 Å². The van der Waals surface area contributed by atoms with Crippen molar-refractivity contribution in [2.75, 3.05) is 5.75 Å². The van der Waals surface area contributed by atoms with E-state index in [0.717, 1.165) is 29.9 Å². The van der Waals surface area contributed by atoms with E-state index in [2.05, 4.69) is 0 Å². The molecule has 2 nitrogen and oxygen atoms in total. The molecule has 0 aliphatic heterocycles. The van der Waals surface area contributed by atoms with Crippen LogP contribution in [0.4, 0.5) is 0 Å². The van der Waals surface area contributed by atoms with Crippen molar-refractivity contribution in [3.8, 4) is 0 Å². The number of carboxylic acid groups (broad SMARTS) is 1. The van der Waals surface area contributed by atoms with Crippen LogP contribution in [-0.4, -0.2) is 22.1 Å². The molecule has 2 aliphatic carbocycles. The highest BCUT2D eigenvalue weighted by atomic mass is 32.2. The minimum absolute atomic E-state index is 0.177. The Labute approximate surface area is 95.8 Å². The summed E-state index contributed by atoms with van der Waals surface area (Å²) >= 11 is 1.67. The van der Waals surface area contributed by atoms with Crippen molar-refractivity contribution >= 4 is 17.7 Å². The molecule has 1 N–H and O–H groups in total. The van der Waals surface area contributed by atoms with Gasteiger partial charge in [-0.15, -0.1) is 11.8 Å². The van der Waals surface area contributed by atoms with E-state index in [-0.39, 0.29) is 5.25 Å². The summed E-state index contributed by atoms with van der Waals surface area (Å²) in [6.07, 6.45) is 6.38. The van der Waals surface area contributed by atoms with Crippen LogP contribution in [-0.2, 0) is 4.79 Å². The number of carboxylic acids is 1. The molecular weight excluding hydrogens is 208 g/mol. The standard InChI is InChI=1S/C12H20O2S/c1-2-11(12(13)14)15-7-10-6-8-3-4-9(10)5-8/h8-11H,2-7H2,1H3,(H,13,14). The van der Waals surface area contributed by atoms with Crippen LogP contribution in [0.25, 0.3) is 0 Å². The third-order valence-corrected chi connectivity index (χ3v) is 5.60. The maximum Gasteiger partial charge on any atom is 0.316 e. The first-order valence-corrected chi connectivity index (χ1v) is 7.10. The lowest BCUT2D eigenvalue weighted by molar-refractivity contribution is -0.136. The molecule has 2 rings (SSSR count). The Balaban J connectivity index is 1.76. The van der Waals surface area contributed by atoms with Crippen molar-refractivity contribution in [1.82, 2.24) is 0 Å². The SMILES string of the molecule is CCC(SCC1CC2CCC1C2)C(=O)O. The van der Waals surface area contributed by atoms with Crippen LogP contribution in [0.1, 0.15) is 39.0 Å². The molecule has 0 aromatic heterocycles. The van der Waals surface area contributed by atoms with Crippen molar-refractivity contribution in [2.24, 2.45) is 17.8 Å². The predicted octanol–water partition coefficient (Wildman–Crippen LogP) is 3.02. The van der Waals surface area contributed by atoms with E-state index in [9.17, 15) is 4.79 Å². The second kappa shape index (κ2) is 4.77. The average Bonchev–Trinajstić information content (AvgIpc) is 2.79. The van der Waals surface area contributed by atoms with E-state index in [1.54, 1.807) is 11.8 Å². The molecule has 3 heteroatoms. The smallest absolute Gasteiger partial charge is 0.316 e. The molecule has 4 atom stereocenters.